The van der Waals surface area contributed by atoms with Crippen LogP contribution in [0.3, 0.4) is 0 Å². The number of carbonyl (C=O) groups is 1. The lowest BCUT2D eigenvalue weighted by molar-refractivity contribution is -0.135. The summed E-state index contributed by atoms with van der Waals surface area (Å²) in [4.78, 5) is 21.3. The molecule has 1 aromatic rings. The van der Waals surface area contributed by atoms with Crippen LogP contribution in [0.2, 0.25) is 0 Å². The van der Waals surface area contributed by atoms with E-state index in [2.05, 4.69) is 9.97 Å². The number of rotatable bonds is 6. The SMILES string of the molecule is CCCN(CC(=O)O)c1cc(C)nc(CC)n1. The van der Waals surface area contributed by atoms with E-state index in [1.54, 1.807) is 4.90 Å². The Morgan fingerprint density at radius 3 is 2.65 bits per heavy atom. The lowest BCUT2D eigenvalue weighted by Gasteiger charge is -2.21. The number of hydrogen-bond acceptors (Lipinski definition) is 4. The van der Waals surface area contributed by atoms with Gasteiger partial charge >= 0.3 is 5.97 Å². The highest BCUT2D eigenvalue weighted by Gasteiger charge is 2.12. The van der Waals surface area contributed by atoms with Gasteiger partial charge in [0.25, 0.3) is 0 Å². The number of nitrogens with zero attached hydrogens (tertiary/aromatic N) is 3. The fraction of sp³-hybridized carbons (Fsp3) is 0.583. The number of aryl methyl sites for hydroxylation is 2. The van der Waals surface area contributed by atoms with Crippen LogP contribution in [0.15, 0.2) is 6.07 Å². The van der Waals surface area contributed by atoms with Gasteiger partial charge < -0.3 is 10.0 Å². The number of aliphatic carboxylic acids is 1. The molecular formula is C12H19N3O2. The molecule has 0 radical (unpaired) electrons. The monoisotopic (exact) mass is 237 g/mol. The Balaban J connectivity index is 2.99. The topological polar surface area (TPSA) is 66.3 Å². The minimum Gasteiger partial charge on any atom is -0.480 e. The maximum Gasteiger partial charge on any atom is 0.323 e. The minimum absolute atomic E-state index is 0.0204. The first-order chi connectivity index (χ1) is 8.06. The molecule has 0 amide bonds. The van der Waals surface area contributed by atoms with Gasteiger partial charge in [-0.25, -0.2) is 9.97 Å². The number of carboxylic acid groups (broad SMARTS) is 1. The smallest absolute Gasteiger partial charge is 0.323 e. The molecule has 0 atom stereocenters. The van der Waals surface area contributed by atoms with E-state index in [9.17, 15) is 4.79 Å². The molecule has 0 aliphatic rings. The van der Waals surface area contributed by atoms with E-state index in [1.807, 2.05) is 26.8 Å². The van der Waals surface area contributed by atoms with Gasteiger partial charge in [0.2, 0.25) is 0 Å². The average Bonchev–Trinajstić information content (AvgIpc) is 2.27. The Kier molecular flexibility index (Phi) is 4.87. The van der Waals surface area contributed by atoms with E-state index in [0.29, 0.717) is 12.4 Å². The Hall–Kier alpha value is -1.65. The fourth-order valence-corrected chi connectivity index (χ4v) is 1.64. The zero-order valence-electron chi connectivity index (χ0n) is 10.6. The van der Waals surface area contributed by atoms with E-state index >= 15 is 0 Å². The van der Waals surface area contributed by atoms with Crippen molar-refractivity contribution in [3.8, 4) is 0 Å². The van der Waals surface area contributed by atoms with Crippen molar-refractivity contribution < 1.29 is 9.90 Å². The minimum atomic E-state index is -0.840. The summed E-state index contributed by atoms with van der Waals surface area (Å²) in [6.07, 6.45) is 1.64. The van der Waals surface area contributed by atoms with Crippen molar-refractivity contribution in [2.75, 3.05) is 18.0 Å². The highest BCUT2D eigenvalue weighted by molar-refractivity contribution is 5.73. The third-order valence-electron chi connectivity index (χ3n) is 2.35. The van der Waals surface area contributed by atoms with Crippen molar-refractivity contribution >= 4 is 11.8 Å². The van der Waals surface area contributed by atoms with E-state index in [1.165, 1.54) is 0 Å². The van der Waals surface area contributed by atoms with Gasteiger partial charge in [-0.3, -0.25) is 4.79 Å². The standard InChI is InChI=1S/C12H19N3O2/c1-4-6-15(8-12(16)17)11-7-9(3)13-10(5-2)14-11/h7H,4-6,8H2,1-3H3,(H,16,17). The number of hydrogen-bond donors (Lipinski definition) is 1. The van der Waals surface area contributed by atoms with Crippen molar-refractivity contribution in [3.63, 3.8) is 0 Å². The van der Waals surface area contributed by atoms with Gasteiger partial charge in [0.05, 0.1) is 0 Å². The molecule has 94 valence electrons. The molecule has 0 fully saturated rings. The van der Waals surface area contributed by atoms with E-state index in [-0.39, 0.29) is 6.54 Å². The van der Waals surface area contributed by atoms with Crippen LogP contribution in [-0.2, 0) is 11.2 Å². The third kappa shape index (κ3) is 4.01. The predicted octanol–water partition coefficient (Wildman–Crippen LogP) is 1.65. The van der Waals surface area contributed by atoms with Gasteiger partial charge in [0, 0.05) is 24.7 Å². The van der Waals surface area contributed by atoms with Crippen LogP contribution >= 0.6 is 0 Å². The number of anilines is 1. The molecule has 17 heavy (non-hydrogen) atoms. The van der Waals surface area contributed by atoms with Gasteiger partial charge in [-0.2, -0.15) is 0 Å². The maximum atomic E-state index is 10.8. The summed E-state index contributed by atoms with van der Waals surface area (Å²) in [5.74, 6) is 0.623. The van der Waals surface area contributed by atoms with Crippen LogP contribution in [0.1, 0.15) is 31.8 Å². The quantitative estimate of drug-likeness (QED) is 0.814. The summed E-state index contributed by atoms with van der Waals surface area (Å²) in [7, 11) is 0. The fourth-order valence-electron chi connectivity index (χ4n) is 1.64. The molecule has 0 aliphatic carbocycles. The molecule has 1 aromatic heterocycles. The van der Waals surface area contributed by atoms with Gasteiger partial charge in [-0.15, -0.1) is 0 Å². The van der Waals surface area contributed by atoms with Crippen LogP contribution in [0.4, 0.5) is 5.82 Å². The summed E-state index contributed by atoms with van der Waals surface area (Å²) < 4.78 is 0. The molecule has 0 spiro atoms. The summed E-state index contributed by atoms with van der Waals surface area (Å²) >= 11 is 0. The Bertz CT molecular complexity index is 393. The molecule has 5 heteroatoms. The second-order valence-electron chi connectivity index (χ2n) is 3.95. The second-order valence-corrected chi connectivity index (χ2v) is 3.95. The van der Waals surface area contributed by atoms with Crippen LogP contribution in [0, 0.1) is 6.92 Å². The van der Waals surface area contributed by atoms with E-state index in [4.69, 9.17) is 5.11 Å². The molecule has 1 rings (SSSR count). The number of carboxylic acids is 1. The molecule has 5 nitrogen and oxygen atoms in total. The van der Waals surface area contributed by atoms with Crippen LogP contribution < -0.4 is 4.90 Å². The van der Waals surface area contributed by atoms with Crippen LogP contribution in [0.25, 0.3) is 0 Å². The van der Waals surface area contributed by atoms with Crippen molar-refractivity contribution in [1.82, 2.24) is 9.97 Å². The number of aromatic nitrogens is 2. The molecule has 1 N–H and O–H groups in total. The first-order valence-electron chi connectivity index (χ1n) is 5.88. The van der Waals surface area contributed by atoms with Gasteiger partial charge in [0.15, 0.2) is 0 Å². The van der Waals surface area contributed by atoms with E-state index < -0.39 is 5.97 Å². The molecule has 0 saturated heterocycles. The van der Waals surface area contributed by atoms with Crippen molar-refractivity contribution in [1.29, 1.82) is 0 Å². The third-order valence-corrected chi connectivity index (χ3v) is 2.35. The average molecular weight is 237 g/mol. The largest absolute Gasteiger partial charge is 0.480 e. The van der Waals surface area contributed by atoms with Gasteiger partial charge in [-0.1, -0.05) is 13.8 Å². The van der Waals surface area contributed by atoms with E-state index in [0.717, 1.165) is 24.4 Å². The normalized spacial score (nSPS) is 10.3. The molecule has 0 saturated carbocycles. The Labute approximate surface area is 102 Å². The Morgan fingerprint density at radius 1 is 1.41 bits per heavy atom. The molecule has 0 bridgehead atoms. The molecular weight excluding hydrogens is 218 g/mol. The highest BCUT2D eigenvalue weighted by atomic mass is 16.4. The predicted molar refractivity (Wildman–Crippen MR) is 66.3 cm³/mol. The zero-order valence-corrected chi connectivity index (χ0v) is 10.6. The summed E-state index contributed by atoms with van der Waals surface area (Å²) in [6.45, 7) is 6.57. The summed E-state index contributed by atoms with van der Waals surface area (Å²) in [6, 6.07) is 1.83. The van der Waals surface area contributed by atoms with Gasteiger partial charge in [-0.05, 0) is 13.3 Å². The second kappa shape index (κ2) is 6.18. The summed E-state index contributed by atoms with van der Waals surface area (Å²) in [5, 5.41) is 8.88. The molecule has 0 aliphatic heterocycles. The molecule has 0 aromatic carbocycles. The van der Waals surface area contributed by atoms with Crippen molar-refractivity contribution in [3.05, 3.63) is 17.6 Å². The van der Waals surface area contributed by atoms with Crippen molar-refractivity contribution in [2.45, 2.75) is 33.6 Å². The van der Waals surface area contributed by atoms with Crippen LogP contribution in [0.5, 0.6) is 0 Å². The van der Waals surface area contributed by atoms with Crippen molar-refractivity contribution in [2.24, 2.45) is 0 Å². The zero-order chi connectivity index (χ0) is 12.8. The lowest BCUT2D eigenvalue weighted by Crippen LogP contribution is -2.31. The maximum absolute atomic E-state index is 10.8. The molecule has 0 unspecified atom stereocenters. The van der Waals surface area contributed by atoms with Crippen LogP contribution in [-0.4, -0.2) is 34.1 Å². The highest BCUT2D eigenvalue weighted by Crippen LogP contribution is 2.13. The lowest BCUT2D eigenvalue weighted by atomic mass is 10.3. The first-order valence-corrected chi connectivity index (χ1v) is 5.88. The van der Waals surface area contributed by atoms with Gasteiger partial charge in [0.1, 0.15) is 18.2 Å². The summed E-state index contributed by atoms with van der Waals surface area (Å²) in [5.41, 5.74) is 0.873. The Morgan fingerprint density at radius 2 is 2.12 bits per heavy atom. The molecule has 1 heterocycles. The first kappa shape index (κ1) is 13.4.